The van der Waals surface area contributed by atoms with E-state index in [0.29, 0.717) is 6.42 Å². The third kappa shape index (κ3) is 4.80. The van der Waals surface area contributed by atoms with E-state index in [2.05, 4.69) is 59.3 Å². The number of hydrogen-bond acceptors (Lipinski definition) is 3. The second-order valence-corrected chi connectivity index (χ2v) is 6.92. The van der Waals surface area contributed by atoms with Gasteiger partial charge < -0.3 is 15.1 Å². The topological polar surface area (TPSA) is 35.6 Å². The molecule has 4 nitrogen and oxygen atoms in total. The van der Waals surface area contributed by atoms with Crippen LogP contribution < -0.4 is 5.32 Å². The number of piperazine rings is 1. The van der Waals surface area contributed by atoms with Crippen molar-refractivity contribution in [1.29, 1.82) is 0 Å². The van der Waals surface area contributed by atoms with Crippen LogP contribution in [0.3, 0.4) is 0 Å². The lowest BCUT2D eigenvalue weighted by molar-refractivity contribution is -0.122. The molecule has 0 spiro atoms. The minimum atomic E-state index is 0.0362. The van der Waals surface area contributed by atoms with E-state index in [9.17, 15) is 4.79 Å². The average molecular weight is 339 g/mol. The molecule has 0 bridgehead atoms. The van der Waals surface area contributed by atoms with Gasteiger partial charge in [0.05, 0.1) is 6.04 Å². The Morgan fingerprint density at radius 2 is 1.72 bits per heavy atom. The minimum Gasteiger partial charge on any atom is -0.350 e. The SMILES string of the molecule is CCN1CCN(CCC(=O)N[C@@H](C)c2ccc3ccccc3c2)CC1. The smallest absolute Gasteiger partial charge is 0.221 e. The Morgan fingerprint density at radius 3 is 2.44 bits per heavy atom. The van der Waals surface area contributed by atoms with Crippen LogP contribution in [0.15, 0.2) is 42.5 Å². The molecule has 1 saturated heterocycles. The number of carbonyl (C=O) groups excluding carboxylic acids is 1. The van der Waals surface area contributed by atoms with Gasteiger partial charge in [-0.25, -0.2) is 0 Å². The number of likely N-dealkylation sites (N-methyl/N-ethyl adjacent to an activating group) is 1. The normalized spacial score (nSPS) is 17.5. The monoisotopic (exact) mass is 339 g/mol. The molecule has 25 heavy (non-hydrogen) atoms. The summed E-state index contributed by atoms with van der Waals surface area (Å²) in [4.78, 5) is 17.2. The molecule has 1 heterocycles. The molecule has 2 aromatic rings. The summed E-state index contributed by atoms with van der Waals surface area (Å²) in [5, 5.41) is 5.59. The molecule has 1 atom stereocenters. The number of nitrogens with one attached hydrogen (secondary N) is 1. The van der Waals surface area contributed by atoms with Crippen molar-refractivity contribution in [2.75, 3.05) is 39.3 Å². The van der Waals surface area contributed by atoms with Gasteiger partial charge in [-0.2, -0.15) is 0 Å². The van der Waals surface area contributed by atoms with E-state index < -0.39 is 0 Å². The zero-order chi connectivity index (χ0) is 17.6. The third-order valence-corrected chi connectivity index (χ3v) is 5.22. The van der Waals surface area contributed by atoms with Crippen molar-refractivity contribution >= 4 is 16.7 Å². The van der Waals surface area contributed by atoms with Crippen LogP contribution in [-0.2, 0) is 4.79 Å². The first-order valence-electron chi connectivity index (χ1n) is 9.38. The fraction of sp³-hybridized carbons (Fsp3) is 0.476. The molecule has 1 amide bonds. The molecule has 0 aromatic heterocycles. The number of rotatable bonds is 6. The second kappa shape index (κ2) is 8.45. The Kier molecular flexibility index (Phi) is 6.05. The van der Waals surface area contributed by atoms with Crippen LogP contribution in [0.5, 0.6) is 0 Å². The lowest BCUT2D eigenvalue weighted by atomic mass is 10.0. The van der Waals surface area contributed by atoms with Crippen LogP contribution in [0.2, 0.25) is 0 Å². The molecule has 0 radical (unpaired) electrons. The molecule has 1 aliphatic rings. The van der Waals surface area contributed by atoms with Gasteiger partial charge >= 0.3 is 0 Å². The Bertz CT molecular complexity index is 707. The molecule has 3 rings (SSSR count). The highest BCUT2D eigenvalue weighted by molar-refractivity contribution is 5.83. The second-order valence-electron chi connectivity index (χ2n) is 6.92. The maximum atomic E-state index is 12.3. The zero-order valence-electron chi connectivity index (χ0n) is 15.4. The maximum Gasteiger partial charge on any atom is 0.221 e. The van der Waals surface area contributed by atoms with Crippen molar-refractivity contribution in [3.63, 3.8) is 0 Å². The van der Waals surface area contributed by atoms with Gasteiger partial charge in [0, 0.05) is 39.1 Å². The van der Waals surface area contributed by atoms with Gasteiger partial charge in [0.1, 0.15) is 0 Å². The third-order valence-electron chi connectivity index (χ3n) is 5.22. The molecule has 2 aromatic carbocycles. The summed E-state index contributed by atoms with van der Waals surface area (Å²) in [6, 6.07) is 14.8. The van der Waals surface area contributed by atoms with Crippen LogP contribution in [0.25, 0.3) is 10.8 Å². The highest BCUT2D eigenvalue weighted by atomic mass is 16.1. The number of fused-ring (bicyclic) bond motifs is 1. The Labute approximate surface area is 150 Å². The quantitative estimate of drug-likeness (QED) is 0.879. The highest BCUT2D eigenvalue weighted by Crippen LogP contribution is 2.20. The summed E-state index contributed by atoms with van der Waals surface area (Å²) >= 11 is 0. The Balaban J connectivity index is 1.48. The molecular formula is C21H29N3O. The van der Waals surface area contributed by atoms with Crippen LogP contribution in [0.1, 0.15) is 31.9 Å². The van der Waals surface area contributed by atoms with Crippen LogP contribution in [-0.4, -0.2) is 55.0 Å². The summed E-state index contributed by atoms with van der Waals surface area (Å²) in [5.41, 5.74) is 1.16. The number of amides is 1. The van der Waals surface area contributed by atoms with Gasteiger partial charge in [0.15, 0.2) is 0 Å². The van der Waals surface area contributed by atoms with E-state index in [1.807, 2.05) is 12.1 Å². The fourth-order valence-corrected chi connectivity index (χ4v) is 3.46. The lowest BCUT2D eigenvalue weighted by Crippen LogP contribution is -2.47. The van der Waals surface area contributed by atoms with E-state index in [4.69, 9.17) is 0 Å². The van der Waals surface area contributed by atoms with Crippen molar-refractivity contribution < 1.29 is 4.79 Å². The average Bonchev–Trinajstić information content (AvgIpc) is 2.66. The van der Waals surface area contributed by atoms with E-state index in [-0.39, 0.29) is 11.9 Å². The molecule has 0 aliphatic carbocycles. The Hall–Kier alpha value is -1.91. The zero-order valence-corrected chi connectivity index (χ0v) is 15.4. The summed E-state index contributed by atoms with van der Waals surface area (Å²) in [6.45, 7) is 10.6. The summed E-state index contributed by atoms with van der Waals surface area (Å²) in [6.07, 6.45) is 0.573. The first kappa shape index (κ1) is 17.9. The van der Waals surface area contributed by atoms with Gasteiger partial charge in [-0.1, -0.05) is 43.3 Å². The highest BCUT2D eigenvalue weighted by Gasteiger charge is 2.17. The van der Waals surface area contributed by atoms with Crippen LogP contribution >= 0.6 is 0 Å². The lowest BCUT2D eigenvalue weighted by Gasteiger charge is -2.33. The largest absolute Gasteiger partial charge is 0.350 e. The minimum absolute atomic E-state index is 0.0362. The van der Waals surface area contributed by atoms with Gasteiger partial charge in [0.2, 0.25) is 5.91 Å². The van der Waals surface area contributed by atoms with Crippen LogP contribution in [0, 0.1) is 0 Å². The standard InChI is InChI=1S/C21H29N3O/c1-3-23-12-14-24(15-13-23)11-10-21(25)22-17(2)19-9-8-18-6-4-5-7-20(18)16-19/h4-9,16-17H,3,10-15H2,1-2H3,(H,22,25)/t17-/m0/s1. The number of benzene rings is 2. The summed E-state index contributed by atoms with van der Waals surface area (Å²) in [5.74, 6) is 0.138. The van der Waals surface area contributed by atoms with Crippen LogP contribution in [0.4, 0.5) is 0 Å². The van der Waals surface area contributed by atoms with Gasteiger partial charge in [-0.15, -0.1) is 0 Å². The van der Waals surface area contributed by atoms with E-state index >= 15 is 0 Å². The molecule has 1 N–H and O–H groups in total. The maximum absolute atomic E-state index is 12.3. The molecular weight excluding hydrogens is 310 g/mol. The van der Waals surface area contributed by atoms with Gasteiger partial charge in [-0.05, 0) is 35.9 Å². The molecule has 1 fully saturated rings. The van der Waals surface area contributed by atoms with Gasteiger partial charge in [-0.3, -0.25) is 4.79 Å². The first-order chi connectivity index (χ1) is 12.2. The van der Waals surface area contributed by atoms with Crippen molar-refractivity contribution in [2.45, 2.75) is 26.3 Å². The van der Waals surface area contributed by atoms with Crippen molar-refractivity contribution in [1.82, 2.24) is 15.1 Å². The molecule has 0 unspecified atom stereocenters. The number of nitrogens with zero attached hydrogens (tertiary/aromatic N) is 2. The summed E-state index contributed by atoms with van der Waals surface area (Å²) in [7, 11) is 0. The van der Waals surface area contributed by atoms with Crippen molar-refractivity contribution in [3.8, 4) is 0 Å². The van der Waals surface area contributed by atoms with Crippen molar-refractivity contribution in [2.24, 2.45) is 0 Å². The predicted octanol–water partition coefficient (Wildman–Crippen LogP) is 3.04. The molecule has 4 heteroatoms. The van der Waals surface area contributed by atoms with Crippen molar-refractivity contribution in [3.05, 3.63) is 48.0 Å². The predicted molar refractivity (Wildman–Crippen MR) is 104 cm³/mol. The van der Waals surface area contributed by atoms with E-state index in [0.717, 1.165) is 44.8 Å². The fourth-order valence-electron chi connectivity index (χ4n) is 3.46. The molecule has 0 saturated carbocycles. The van der Waals surface area contributed by atoms with E-state index in [1.165, 1.54) is 10.8 Å². The molecule has 134 valence electrons. The van der Waals surface area contributed by atoms with E-state index in [1.54, 1.807) is 0 Å². The first-order valence-corrected chi connectivity index (χ1v) is 9.38. The number of hydrogen-bond donors (Lipinski definition) is 1. The number of carbonyl (C=O) groups is 1. The molecule has 1 aliphatic heterocycles. The summed E-state index contributed by atoms with van der Waals surface area (Å²) < 4.78 is 0. The van der Waals surface area contributed by atoms with Gasteiger partial charge in [0.25, 0.3) is 0 Å². The Morgan fingerprint density at radius 1 is 1.04 bits per heavy atom.